The fourth-order valence-electron chi connectivity index (χ4n) is 6.72. The van der Waals surface area contributed by atoms with E-state index in [4.69, 9.17) is 9.47 Å². The Hall–Kier alpha value is -3.07. The van der Waals surface area contributed by atoms with E-state index in [1.54, 1.807) is 12.1 Å². The highest BCUT2D eigenvalue weighted by Gasteiger charge is 2.41. The van der Waals surface area contributed by atoms with Crippen molar-refractivity contribution in [1.29, 1.82) is 0 Å². The van der Waals surface area contributed by atoms with Crippen molar-refractivity contribution in [3.8, 4) is 0 Å². The molecular weight excluding hydrogens is 526 g/mol. The molecule has 0 bridgehead atoms. The fourth-order valence-corrected chi connectivity index (χ4v) is 6.72. The highest BCUT2D eigenvalue weighted by molar-refractivity contribution is 6.04. The van der Waals surface area contributed by atoms with Crippen molar-refractivity contribution in [3.05, 3.63) is 101 Å². The molecule has 222 valence electrons. The van der Waals surface area contributed by atoms with E-state index in [2.05, 4.69) is 34.2 Å². The van der Waals surface area contributed by atoms with E-state index in [1.165, 1.54) is 38.8 Å². The molecule has 0 aromatic heterocycles. The van der Waals surface area contributed by atoms with E-state index in [0.29, 0.717) is 17.3 Å². The maximum atomic E-state index is 12.8. The molecule has 3 aromatic carbocycles. The summed E-state index contributed by atoms with van der Waals surface area (Å²) in [6.07, 6.45) is 4.35. The molecule has 3 aromatic rings. The summed E-state index contributed by atoms with van der Waals surface area (Å²) in [7, 11) is 0. The second kappa shape index (κ2) is 13.5. The van der Waals surface area contributed by atoms with Gasteiger partial charge in [0.1, 0.15) is 0 Å². The number of aliphatic hydroxyl groups is 1. The number of carbonyl (C=O) groups excluding carboxylic acids is 1. The molecule has 42 heavy (non-hydrogen) atoms. The van der Waals surface area contributed by atoms with E-state index in [-0.39, 0.29) is 30.6 Å². The van der Waals surface area contributed by atoms with Crippen molar-refractivity contribution in [2.24, 2.45) is 5.92 Å². The summed E-state index contributed by atoms with van der Waals surface area (Å²) in [6, 6.07) is 25.7. The van der Waals surface area contributed by atoms with Gasteiger partial charge >= 0.3 is 0 Å². The van der Waals surface area contributed by atoms with Gasteiger partial charge in [0.25, 0.3) is 5.91 Å². The Kier molecular flexibility index (Phi) is 9.32. The van der Waals surface area contributed by atoms with Gasteiger partial charge in [-0.15, -0.1) is 0 Å². The summed E-state index contributed by atoms with van der Waals surface area (Å²) >= 11 is 0. The fraction of sp³-hybridized carbons (Fsp3) is 0.457. The van der Waals surface area contributed by atoms with Gasteiger partial charge in [-0.25, -0.2) is 0 Å². The number of hydrogen-bond acceptors (Lipinski definition) is 6. The van der Waals surface area contributed by atoms with Gasteiger partial charge in [-0.05, 0) is 80.7 Å². The Labute approximate surface area is 249 Å². The molecule has 7 heteroatoms. The number of aliphatic hydroxyl groups excluding tert-OH is 1. The van der Waals surface area contributed by atoms with Crippen LogP contribution in [0.2, 0.25) is 0 Å². The number of carbonyl (C=O) groups is 1. The monoisotopic (exact) mass is 569 g/mol. The third kappa shape index (κ3) is 6.77. The Morgan fingerprint density at radius 2 is 1.67 bits per heavy atom. The minimum absolute atomic E-state index is 0.0184. The van der Waals surface area contributed by atoms with E-state index < -0.39 is 6.29 Å². The first-order chi connectivity index (χ1) is 20.6. The topological polar surface area (TPSA) is 74.3 Å². The molecule has 0 saturated carbocycles. The lowest BCUT2D eigenvalue weighted by Gasteiger charge is -2.43. The van der Waals surface area contributed by atoms with Crippen LogP contribution < -0.4 is 5.32 Å². The molecule has 2 N–H and O–H groups in total. The maximum absolute atomic E-state index is 12.8. The van der Waals surface area contributed by atoms with Crippen LogP contribution in [0, 0.1) is 5.92 Å². The molecule has 7 nitrogen and oxygen atoms in total. The summed E-state index contributed by atoms with van der Waals surface area (Å²) in [5, 5.41) is 12.6. The van der Waals surface area contributed by atoms with Crippen LogP contribution in [0.15, 0.2) is 78.9 Å². The third-order valence-electron chi connectivity index (χ3n) is 9.16. The van der Waals surface area contributed by atoms with Crippen LogP contribution in [-0.4, -0.2) is 65.7 Å². The van der Waals surface area contributed by atoms with Crippen LogP contribution in [-0.2, 0) is 16.1 Å². The quantitative estimate of drug-likeness (QED) is 0.340. The summed E-state index contributed by atoms with van der Waals surface area (Å²) in [5.41, 5.74) is 4.17. The van der Waals surface area contributed by atoms with Crippen LogP contribution in [0.1, 0.15) is 72.0 Å². The molecular formula is C35H43N3O4. The zero-order chi connectivity index (χ0) is 28.9. The van der Waals surface area contributed by atoms with E-state index >= 15 is 0 Å². The standard InChI is InChI=1S/C35H43N3O4/c1-25-32(23-38-20-8-13-31(38)22-37-18-5-6-19-37)41-35(42-33(25)27-16-14-26(24-39)15-17-27)29-11-7-12-30(21-29)36-34(40)28-9-3-2-4-10-28/h2-4,7,9-12,14-17,21,25,31-33,35,39H,5-6,8,13,18-20,22-24H2,1H3,(H,36,40)/t25-,31-,32+,33+,35+/m0/s1. The van der Waals surface area contributed by atoms with E-state index in [0.717, 1.165) is 36.3 Å². The molecule has 3 aliphatic rings. The van der Waals surface area contributed by atoms with Gasteiger partial charge < -0.3 is 24.8 Å². The maximum Gasteiger partial charge on any atom is 0.255 e. The molecule has 0 unspecified atom stereocenters. The van der Waals surface area contributed by atoms with Crippen molar-refractivity contribution in [2.75, 3.05) is 38.0 Å². The summed E-state index contributed by atoms with van der Waals surface area (Å²) < 4.78 is 13.5. The Bertz CT molecular complexity index is 1310. The van der Waals surface area contributed by atoms with Crippen LogP contribution in [0.3, 0.4) is 0 Å². The summed E-state index contributed by atoms with van der Waals surface area (Å²) in [4.78, 5) is 18.1. The number of ether oxygens (including phenoxy) is 2. The lowest BCUT2D eigenvalue weighted by molar-refractivity contribution is -0.276. The van der Waals surface area contributed by atoms with Gasteiger partial charge in [0, 0.05) is 41.9 Å². The second-order valence-corrected chi connectivity index (χ2v) is 12.1. The number of hydrogen-bond donors (Lipinski definition) is 2. The number of nitrogens with zero attached hydrogens (tertiary/aromatic N) is 2. The highest BCUT2D eigenvalue weighted by atomic mass is 16.7. The Morgan fingerprint density at radius 1 is 0.881 bits per heavy atom. The Morgan fingerprint density at radius 3 is 2.43 bits per heavy atom. The Balaban J connectivity index is 1.23. The van der Waals surface area contributed by atoms with Crippen molar-refractivity contribution in [1.82, 2.24) is 9.80 Å². The van der Waals surface area contributed by atoms with Crippen LogP contribution in [0.4, 0.5) is 5.69 Å². The van der Waals surface area contributed by atoms with E-state index in [9.17, 15) is 9.90 Å². The van der Waals surface area contributed by atoms with Crippen molar-refractivity contribution < 1.29 is 19.4 Å². The van der Waals surface area contributed by atoms with Crippen LogP contribution in [0.25, 0.3) is 0 Å². The van der Waals surface area contributed by atoms with E-state index in [1.807, 2.05) is 54.6 Å². The number of rotatable bonds is 9. The first-order valence-electron chi connectivity index (χ1n) is 15.5. The van der Waals surface area contributed by atoms with Gasteiger partial charge in [-0.3, -0.25) is 9.69 Å². The first-order valence-corrected chi connectivity index (χ1v) is 15.5. The number of anilines is 1. The number of amides is 1. The average Bonchev–Trinajstić information content (AvgIpc) is 3.71. The molecule has 3 fully saturated rings. The smallest absolute Gasteiger partial charge is 0.255 e. The van der Waals surface area contributed by atoms with Gasteiger partial charge in [0.05, 0.1) is 18.8 Å². The molecule has 3 aliphatic heterocycles. The van der Waals surface area contributed by atoms with Gasteiger partial charge in [-0.1, -0.05) is 61.5 Å². The predicted molar refractivity (Wildman–Crippen MR) is 164 cm³/mol. The van der Waals surface area contributed by atoms with Crippen molar-refractivity contribution >= 4 is 11.6 Å². The number of benzene rings is 3. The minimum atomic E-state index is -0.568. The lowest BCUT2D eigenvalue weighted by Crippen LogP contribution is -2.48. The van der Waals surface area contributed by atoms with Gasteiger partial charge in [-0.2, -0.15) is 0 Å². The second-order valence-electron chi connectivity index (χ2n) is 12.1. The van der Waals surface area contributed by atoms with Crippen molar-refractivity contribution in [2.45, 2.75) is 63.8 Å². The average molecular weight is 570 g/mol. The number of nitrogens with one attached hydrogen (secondary N) is 1. The molecule has 1 amide bonds. The molecule has 0 radical (unpaired) electrons. The zero-order valence-electron chi connectivity index (χ0n) is 24.5. The first kappa shape index (κ1) is 29.0. The normalized spacial score (nSPS) is 26.9. The van der Waals surface area contributed by atoms with Gasteiger partial charge in [0.2, 0.25) is 0 Å². The molecule has 0 spiro atoms. The minimum Gasteiger partial charge on any atom is -0.392 e. The molecule has 3 saturated heterocycles. The zero-order valence-corrected chi connectivity index (χ0v) is 24.5. The molecule has 6 rings (SSSR count). The number of likely N-dealkylation sites (tertiary alicyclic amines) is 2. The summed E-state index contributed by atoms with van der Waals surface area (Å²) in [5.74, 6) is -0.0140. The molecule has 3 heterocycles. The third-order valence-corrected chi connectivity index (χ3v) is 9.16. The van der Waals surface area contributed by atoms with Crippen LogP contribution in [0.5, 0.6) is 0 Å². The molecule has 5 atom stereocenters. The predicted octanol–water partition coefficient (Wildman–Crippen LogP) is 5.78. The lowest BCUT2D eigenvalue weighted by atomic mass is 9.90. The molecule has 0 aliphatic carbocycles. The highest BCUT2D eigenvalue weighted by Crippen LogP contribution is 2.42. The SMILES string of the molecule is C[C@H]1[C@@H](CN2CCC[C@H]2CN2CCCC2)O[C@@H](c2cccc(NC(=O)c3ccccc3)c2)O[C@H]1c1ccc(CO)cc1. The largest absolute Gasteiger partial charge is 0.392 e. The van der Waals surface area contributed by atoms with Crippen LogP contribution >= 0.6 is 0 Å². The van der Waals surface area contributed by atoms with Gasteiger partial charge in [0.15, 0.2) is 6.29 Å². The van der Waals surface area contributed by atoms with Crippen molar-refractivity contribution in [3.63, 3.8) is 0 Å². The summed E-state index contributed by atoms with van der Waals surface area (Å²) in [6.45, 7) is 7.82.